The molecule has 4 aromatic heterocycles. The molecule has 5 heterocycles. The van der Waals surface area contributed by atoms with Crippen molar-refractivity contribution < 1.29 is 0 Å². The van der Waals surface area contributed by atoms with E-state index in [1.54, 1.807) is 24.4 Å². The average Bonchev–Trinajstić information content (AvgIpc) is 3.29. The van der Waals surface area contributed by atoms with Crippen LogP contribution in [0.4, 0.5) is 5.95 Å². The van der Waals surface area contributed by atoms with Crippen LogP contribution in [0.2, 0.25) is 0 Å². The van der Waals surface area contributed by atoms with Gasteiger partial charge in [0.2, 0.25) is 11.4 Å². The maximum atomic E-state index is 14.0. The van der Waals surface area contributed by atoms with Gasteiger partial charge in [-0.15, -0.1) is 0 Å². The molecule has 5 aromatic rings. The third kappa shape index (κ3) is 4.36. The molecule has 1 aliphatic rings. The van der Waals surface area contributed by atoms with Gasteiger partial charge in [0.1, 0.15) is 16.6 Å². The van der Waals surface area contributed by atoms with E-state index in [0.29, 0.717) is 56.7 Å². The second-order valence-electron chi connectivity index (χ2n) is 9.97. The molecule has 1 aliphatic heterocycles. The first-order valence-corrected chi connectivity index (χ1v) is 13.3. The van der Waals surface area contributed by atoms with Crippen molar-refractivity contribution in [2.75, 3.05) is 18.0 Å². The number of aryl methyl sites for hydroxylation is 1. The summed E-state index contributed by atoms with van der Waals surface area (Å²) in [6.07, 6.45) is 8.26. The lowest BCUT2D eigenvalue weighted by Gasteiger charge is -2.31. The number of fused-ring (bicyclic) bond motifs is 3. The van der Waals surface area contributed by atoms with Gasteiger partial charge in [-0.1, -0.05) is 37.3 Å². The standard InChI is InChI=1S/C29H30N8O2/c1-3-4-15-36-26-24(33-29(36)35-14-8-9-19(30)16-35)18(2)34-37(28(26)39)17-23-20-10-5-6-11-21(20)27(38)25-22(32-23)12-7-13-31-25/h4-7,10-13,15,19H,3,8-9,14,16-17,30H2,1-2H3/b15-4+. The molecule has 6 rings (SSSR count). The second-order valence-corrected chi connectivity index (χ2v) is 9.97. The van der Waals surface area contributed by atoms with Crippen LogP contribution in [0.15, 0.2) is 58.3 Å². The SMILES string of the molecule is CC/C=C/n1c(N2CCCC(N)C2)nc2c(C)nn(Cc3nc4cccnc4c(=O)c4ccccc34)c(=O)c21. The first-order chi connectivity index (χ1) is 19.0. The molecule has 1 atom stereocenters. The zero-order valence-electron chi connectivity index (χ0n) is 22.0. The van der Waals surface area contributed by atoms with Crippen LogP contribution in [0.1, 0.15) is 37.6 Å². The molecule has 0 spiro atoms. The van der Waals surface area contributed by atoms with E-state index < -0.39 is 0 Å². The van der Waals surface area contributed by atoms with Crippen molar-refractivity contribution in [2.24, 2.45) is 5.73 Å². The number of imidazole rings is 1. The highest BCUT2D eigenvalue weighted by molar-refractivity contribution is 5.91. The number of hydrogen-bond donors (Lipinski definition) is 1. The van der Waals surface area contributed by atoms with Crippen LogP contribution in [0, 0.1) is 6.92 Å². The molecule has 1 fully saturated rings. The van der Waals surface area contributed by atoms with E-state index in [4.69, 9.17) is 15.7 Å². The lowest BCUT2D eigenvalue weighted by atomic mass is 10.1. The number of aromatic nitrogens is 6. The van der Waals surface area contributed by atoms with Gasteiger partial charge in [-0.2, -0.15) is 5.10 Å². The minimum Gasteiger partial charge on any atom is -0.340 e. The van der Waals surface area contributed by atoms with Gasteiger partial charge in [-0.3, -0.25) is 19.1 Å². The average molecular weight is 523 g/mol. The summed E-state index contributed by atoms with van der Waals surface area (Å²) in [6.45, 7) is 5.50. The number of pyridine rings is 1. The first-order valence-electron chi connectivity index (χ1n) is 13.3. The van der Waals surface area contributed by atoms with Crippen LogP contribution in [0.25, 0.3) is 39.0 Å². The summed E-state index contributed by atoms with van der Waals surface area (Å²) in [7, 11) is 0. The van der Waals surface area contributed by atoms with Crippen LogP contribution >= 0.6 is 0 Å². The predicted molar refractivity (Wildman–Crippen MR) is 154 cm³/mol. The monoisotopic (exact) mass is 522 g/mol. The molecule has 2 N–H and O–H groups in total. The predicted octanol–water partition coefficient (Wildman–Crippen LogP) is 3.21. The lowest BCUT2D eigenvalue weighted by molar-refractivity contribution is 0.499. The van der Waals surface area contributed by atoms with Crippen molar-refractivity contribution in [1.82, 2.24) is 29.3 Å². The maximum Gasteiger partial charge on any atom is 0.293 e. The zero-order chi connectivity index (χ0) is 27.1. The van der Waals surface area contributed by atoms with Gasteiger partial charge in [0.05, 0.1) is 23.4 Å². The fourth-order valence-corrected chi connectivity index (χ4v) is 5.34. The molecule has 10 nitrogen and oxygen atoms in total. The van der Waals surface area contributed by atoms with Crippen LogP contribution in [-0.2, 0) is 6.54 Å². The molecule has 0 aliphatic carbocycles. The molecule has 0 bridgehead atoms. The number of rotatable bonds is 5. The maximum absolute atomic E-state index is 14.0. The fourth-order valence-electron chi connectivity index (χ4n) is 5.34. The molecular formula is C29H30N8O2. The largest absolute Gasteiger partial charge is 0.340 e. The van der Waals surface area contributed by atoms with Gasteiger partial charge >= 0.3 is 0 Å². The Morgan fingerprint density at radius 1 is 1.08 bits per heavy atom. The van der Waals surface area contributed by atoms with Crippen molar-refractivity contribution in [2.45, 2.75) is 45.7 Å². The lowest BCUT2D eigenvalue weighted by Crippen LogP contribution is -2.43. The Kier molecular flexibility index (Phi) is 6.40. The van der Waals surface area contributed by atoms with Crippen molar-refractivity contribution in [3.05, 3.63) is 80.6 Å². The van der Waals surface area contributed by atoms with E-state index in [2.05, 4.69) is 15.0 Å². The normalized spacial score (nSPS) is 16.2. The molecule has 1 aromatic carbocycles. The van der Waals surface area contributed by atoms with E-state index in [1.165, 1.54) is 4.68 Å². The molecule has 39 heavy (non-hydrogen) atoms. The molecule has 0 saturated carbocycles. The summed E-state index contributed by atoms with van der Waals surface area (Å²) in [4.78, 5) is 43.5. The Balaban J connectivity index is 1.57. The highest BCUT2D eigenvalue weighted by Crippen LogP contribution is 2.25. The van der Waals surface area contributed by atoms with Crippen molar-refractivity contribution in [3.63, 3.8) is 0 Å². The number of nitrogens with two attached hydrogens (primary N) is 1. The Morgan fingerprint density at radius 2 is 1.90 bits per heavy atom. The Labute approximate surface area is 224 Å². The minimum atomic E-state index is -0.279. The molecular weight excluding hydrogens is 492 g/mol. The third-order valence-corrected chi connectivity index (χ3v) is 7.21. The third-order valence-electron chi connectivity index (χ3n) is 7.21. The number of piperidine rings is 1. The van der Waals surface area contributed by atoms with Gasteiger partial charge in [-0.25, -0.2) is 14.6 Å². The highest BCUT2D eigenvalue weighted by atomic mass is 16.1. The van der Waals surface area contributed by atoms with Crippen LogP contribution in [-0.4, -0.2) is 48.4 Å². The van der Waals surface area contributed by atoms with E-state index in [0.717, 1.165) is 25.8 Å². The van der Waals surface area contributed by atoms with E-state index in [-0.39, 0.29) is 23.6 Å². The van der Waals surface area contributed by atoms with E-state index >= 15 is 0 Å². The first kappa shape index (κ1) is 24.9. The molecule has 10 heteroatoms. The topological polar surface area (TPSA) is 125 Å². The van der Waals surface area contributed by atoms with Gasteiger partial charge in [-0.05, 0) is 38.3 Å². The van der Waals surface area contributed by atoms with Crippen molar-refractivity contribution >= 4 is 45.0 Å². The fraction of sp³-hybridized carbons (Fsp3) is 0.310. The number of anilines is 1. The van der Waals surface area contributed by atoms with E-state index in [1.807, 2.05) is 48.9 Å². The zero-order valence-corrected chi connectivity index (χ0v) is 22.0. The summed E-state index contributed by atoms with van der Waals surface area (Å²) >= 11 is 0. The highest BCUT2D eigenvalue weighted by Gasteiger charge is 2.25. The summed E-state index contributed by atoms with van der Waals surface area (Å²) in [5, 5.41) is 5.81. The Morgan fingerprint density at radius 3 is 2.69 bits per heavy atom. The molecule has 1 unspecified atom stereocenters. The number of benzene rings is 1. The number of nitrogens with zero attached hydrogens (tertiary/aromatic N) is 7. The smallest absolute Gasteiger partial charge is 0.293 e. The van der Waals surface area contributed by atoms with Crippen LogP contribution < -0.4 is 21.6 Å². The van der Waals surface area contributed by atoms with Crippen molar-refractivity contribution in [1.29, 1.82) is 0 Å². The van der Waals surface area contributed by atoms with Crippen LogP contribution in [0.3, 0.4) is 0 Å². The molecule has 0 radical (unpaired) electrons. The van der Waals surface area contributed by atoms with E-state index in [9.17, 15) is 9.59 Å². The molecule has 198 valence electrons. The summed E-state index contributed by atoms with van der Waals surface area (Å²) in [6, 6.07) is 10.9. The Hall–Kier alpha value is -4.44. The number of hydrogen-bond acceptors (Lipinski definition) is 8. The quantitative estimate of drug-likeness (QED) is 0.373. The summed E-state index contributed by atoms with van der Waals surface area (Å²) in [5.41, 5.74) is 8.79. The van der Waals surface area contributed by atoms with Gasteiger partial charge in [0.25, 0.3) is 5.56 Å². The second kappa shape index (κ2) is 10.0. The number of allylic oxidation sites excluding steroid dienone is 1. The van der Waals surface area contributed by atoms with Gasteiger partial charge in [0.15, 0.2) is 0 Å². The minimum absolute atomic E-state index is 0.0615. The summed E-state index contributed by atoms with van der Waals surface area (Å²) < 4.78 is 3.29. The molecule has 0 amide bonds. The Bertz CT molecular complexity index is 1870. The van der Waals surface area contributed by atoms with Gasteiger partial charge in [0, 0.05) is 42.3 Å². The van der Waals surface area contributed by atoms with Gasteiger partial charge < -0.3 is 10.6 Å². The van der Waals surface area contributed by atoms with Crippen molar-refractivity contribution in [3.8, 4) is 0 Å². The summed E-state index contributed by atoms with van der Waals surface area (Å²) in [5.74, 6) is 0.701. The van der Waals surface area contributed by atoms with Crippen LogP contribution in [0.5, 0.6) is 0 Å². The molecule has 1 saturated heterocycles.